The Bertz CT molecular complexity index is 1160. The number of rotatable bonds is 6. The maximum absolute atomic E-state index is 11.7. The van der Waals surface area contributed by atoms with Gasteiger partial charge in [-0.15, -0.1) is 10.2 Å². The highest BCUT2D eigenvalue weighted by Crippen LogP contribution is 2.42. The molecule has 0 bridgehead atoms. The van der Waals surface area contributed by atoms with Crippen LogP contribution < -0.4 is 20.7 Å². The van der Waals surface area contributed by atoms with Gasteiger partial charge in [0, 0.05) is 43.3 Å². The molecule has 0 heterocycles. The van der Waals surface area contributed by atoms with Crippen molar-refractivity contribution < 1.29 is 19.9 Å². The predicted molar refractivity (Wildman–Crippen MR) is 134 cm³/mol. The van der Waals surface area contributed by atoms with E-state index in [1.165, 1.54) is 43.2 Å². The lowest BCUT2D eigenvalue weighted by Gasteiger charge is -2.17. The summed E-state index contributed by atoms with van der Waals surface area (Å²) in [6.45, 7) is 1.33. The van der Waals surface area contributed by atoms with Gasteiger partial charge in [-0.1, -0.05) is 13.9 Å². The third kappa shape index (κ3) is 7.18. The summed E-state index contributed by atoms with van der Waals surface area (Å²) in [6.07, 6.45) is 5.48. The van der Waals surface area contributed by atoms with Crippen LogP contribution in [0, 0.1) is 34.7 Å². The molecule has 0 spiro atoms. The molecule has 0 aliphatic heterocycles. The van der Waals surface area contributed by atoms with Crippen molar-refractivity contribution in [2.45, 2.75) is 14.4 Å². The molecule has 0 aliphatic rings. The van der Waals surface area contributed by atoms with Crippen LogP contribution in [0.4, 0.5) is 28.4 Å². The Labute approximate surface area is 207 Å². The first kappa shape index (κ1) is 29.4. The molecule has 2 aromatic rings. The fourth-order valence-electron chi connectivity index (χ4n) is 2.35. The minimum absolute atomic E-state index is 0. The highest BCUT2D eigenvalue weighted by atomic mass is 79.9. The van der Waals surface area contributed by atoms with Crippen molar-refractivity contribution in [1.82, 2.24) is 0 Å². The van der Waals surface area contributed by atoms with Crippen molar-refractivity contribution in [3.05, 3.63) is 43.3 Å². The third-order valence-corrected chi connectivity index (χ3v) is 4.83. The number of ether oxygens (including phenoxy) is 1. The molecule has 174 valence electrons. The Hall–Kier alpha value is -3.65. The minimum atomic E-state index is -0.531. The second-order valence-corrected chi connectivity index (χ2v) is 7.37. The Balaban J connectivity index is 0.00000512. The SMILES string of the molecule is C.C#CN(C#CN)c1cc(NC(C)=O)c(N=Nc2c(Br)cc([N+](=O)[O-])cc2Br)cc1OC.O. The first-order valence-electron chi connectivity index (χ1n) is 8.24. The molecule has 0 unspecified atom stereocenters. The van der Waals surface area contributed by atoms with E-state index in [9.17, 15) is 14.9 Å². The van der Waals surface area contributed by atoms with Crippen molar-refractivity contribution >= 4 is 66.2 Å². The van der Waals surface area contributed by atoms with Gasteiger partial charge in [0.25, 0.3) is 5.69 Å². The van der Waals surface area contributed by atoms with E-state index in [1.54, 1.807) is 0 Å². The number of amides is 1. The second-order valence-electron chi connectivity index (χ2n) is 5.66. The van der Waals surface area contributed by atoms with Crippen LogP contribution in [0.5, 0.6) is 5.75 Å². The number of nitro groups is 1. The number of carbonyl (C=O) groups is 1. The summed E-state index contributed by atoms with van der Waals surface area (Å²) in [7, 11) is 1.42. The van der Waals surface area contributed by atoms with Crippen LogP contribution in [-0.2, 0) is 4.79 Å². The van der Waals surface area contributed by atoms with E-state index in [0.717, 1.165) is 0 Å². The van der Waals surface area contributed by atoms with Gasteiger partial charge in [0.2, 0.25) is 5.91 Å². The number of nitro benzene ring substituents is 1. The van der Waals surface area contributed by atoms with Crippen LogP contribution in [0.15, 0.2) is 43.4 Å². The number of nitrogens with one attached hydrogen (secondary N) is 1. The van der Waals surface area contributed by atoms with Crippen molar-refractivity contribution in [3.8, 4) is 30.3 Å². The van der Waals surface area contributed by atoms with E-state index in [2.05, 4.69) is 65.5 Å². The first-order chi connectivity index (χ1) is 14.7. The van der Waals surface area contributed by atoms with Crippen LogP contribution in [0.1, 0.15) is 14.4 Å². The van der Waals surface area contributed by atoms with E-state index in [0.29, 0.717) is 26.1 Å². The normalized spacial score (nSPS) is 9.42. The largest absolute Gasteiger partial charge is 0.494 e. The van der Waals surface area contributed by atoms with Crippen LogP contribution in [0.3, 0.4) is 0 Å². The number of benzene rings is 2. The zero-order chi connectivity index (χ0) is 23.1. The molecular formula is C20H20Br2N6O5. The molecule has 0 saturated heterocycles. The zero-order valence-corrected chi connectivity index (χ0v) is 19.8. The maximum atomic E-state index is 11.7. The second kappa shape index (κ2) is 13.0. The third-order valence-electron chi connectivity index (χ3n) is 3.62. The number of methoxy groups -OCH3 is 1. The zero-order valence-electron chi connectivity index (χ0n) is 16.6. The summed E-state index contributed by atoms with van der Waals surface area (Å²) in [6, 6.07) is 12.7. The highest BCUT2D eigenvalue weighted by molar-refractivity contribution is 9.11. The molecule has 2 aromatic carbocycles. The average Bonchev–Trinajstić information content (AvgIpc) is 2.71. The topological polar surface area (TPSA) is 167 Å². The quantitative estimate of drug-likeness (QED) is 0.166. The number of non-ortho nitro benzene ring substituents is 1. The molecule has 13 heteroatoms. The lowest BCUT2D eigenvalue weighted by molar-refractivity contribution is -0.385. The van der Waals surface area contributed by atoms with Gasteiger partial charge in [-0.2, -0.15) is 0 Å². The minimum Gasteiger partial charge on any atom is -0.494 e. The Morgan fingerprint density at radius 2 is 1.88 bits per heavy atom. The number of nitrogens with zero attached hydrogens (tertiary/aromatic N) is 4. The van der Waals surface area contributed by atoms with Crippen molar-refractivity contribution in [2.24, 2.45) is 16.0 Å². The summed E-state index contributed by atoms with van der Waals surface area (Å²) >= 11 is 6.49. The number of carbonyl (C=O) groups excluding carboxylic acids is 1. The van der Waals surface area contributed by atoms with Gasteiger partial charge in [0.15, 0.2) is 0 Å². The van der Waals surface area contributed by atoms with Gasteiger partial charge in [0.05, 0.1) is 26.7 Å². The van der Waals surface area contributed by atoms with E-state index in [1.807, 2.05) is 0 Å². The maximum Gasteiger partial charge on any atom is 0.271 e. The smallest absolute Gasteiger partial charge is 0.271 e. The fourth-order valence-corrected chi connectivity index (χ4v) is 3.67. The van der Waals surface area contributed by atoms with Crippen molar-refractivity contribution in [1.29, 1.82) is 0 Å². The molecule has 0 radical (unpaired) electrons. The first-order valence-corrected chi connectivity index (χ1v) is 9.82. The summed E-state index contributed by atoms with van der Waals surface area (Å²) in [5.74, 6) is -0.0620. The molecule has 0 saturated carbocycles. The van der Waals surface area contributed by atoms with Crippen molar-refractivity contribution in [2.75, 3.05) is 17.3 Å². The van der Waals surface area contributed by atoms with E-state index in [-0.39, 0.29) is 35.9 Å². The molecule has 0 aliphatic carbocycles. The number of halogens is 2. The lowest BCUT2D eigenvalue weighted by Crippen LogP contribution is -2.12. The highest BCUT2D eigenvalue weighted by Gasteiger charge is 2.17. The number of nitrogens with two attached hydrogens (primary N) is 1. The van der Waals surface area contributed by atoms with Crippen LogP contribution in [-0.4, -0.2) is 23.4 Å². The number of azo groups is 1. The van der Waals surface area contributed by atoms with Crippen LogP contribution >= 0.6 is 31.9 Å². The van der Waals surface area contributed by atoms with Gasteiger partial charge < -0.3 is 21.3 Å². The average molecular weight is 584 g/mol. The monoisotopic (exact) mass is 582 g/mol. The van der Waals surface area contributed by atoms with Gasteiger partial charge in [-0.05, 0) is 37.9 Å². The summed E-state index contributed by atoms with van der Waals surface area (Å²) in [4.78, 5) is 23.3. The fraction of sp³-hybridized carbons (Fsp3) is 0.150. The van der Waals surface area contributed by atoms with Gasteiger partial charge in [0.1, 0.15) is 22.8 Å². The number of anilines is 2. The summed E-state index contributed by atoms with van der Waals surface area (Å²) in [5, 5.41) is 22.0. The lowest BCUT2D eigenvalue weighted by atomic mass is 10.2. The number of terminal acetylenes is 1. The molecule has 0 atom stereocenters. The molecule has 2 rings (SSSR count). The number of hydrogen-bond donors (Lipinski definition) is 2. The van der Waals surface area contributed by atoms with E-state index in [4.69, 9.17) is 16.9 Å². The van der Waals surface area contributed by atoms with Crippen molar-refractivity contribution in [3.63, 3.8) is 0 Å². The molecule has 11 nitrogen and oxygen atoms in total. The molecular weight excluding hydrogens is 564 g/mol. The van der Waals surface area contributed by atoms with Gasteiger partial charge >= 0.3 is 0 Å². The number of hydrogen-bond acceptors (Lipinski definition) is 8. The van der Waals surface area contributed by atoms with Crippen LogP contribution in [0.25, 0.3) is 0 Å². The standard InChI is InChI=1S/C19H14Br2N6O4.CH4.H2O/c1-4-26(6-5-22)17-9-15(23-11(2)28)16(10-18(17)31-3)24-25-19-13(20)7-12(27(29)30)8-14(19)21;;/h1,7-10H,22H2,2-3H3,(H,23,28);1H4;1H2. The molecule has 5 N–H and O–H groups in total. The Kier molecular flexibility index (Phi) is 11.6. The molecule has 0 fully saturated rings. The van der Waals surface area contributed by atoms with E-state index < -0.39 is 4.92 Å². The van der Waals surface area contributed by atoms with Gasteiger partial charge in [-0.25, -0.2) is 4.90 Å². The summed E-state index contributed by atoms with van der Waals surface area (Å²) < 4.78 is 6.06. The molecule has 1 amide bonds. The molecule has 0 aromatic heterocycles. The Morgan fingerprint density at radius 3 is 2.33 bits per heavy atom. The predicted octanol–water partition coefficient (Wildman–Crippen LogP) is 4.59. The van der Waals surface area contributed by atoms with E-state index >= 15 is 0 Å². The Morgan fingerprint density at radius 1 is 1.27 bits per heavy atom. The van der Waals surface area contributed by atoms with Gasteiger partial charge in [-0.3, -0.25) is 14.9 Å². The molecule has 33 heavy (non-hydrogen) atoms. The van der Waals surface area contributed by atoms with Crippen LogP contribution in [0.2, 0.25) is 0 Å². The summed E-state index contributed by atoms with van der Waals surface area (Å²) in [5.41, 5.74) is 6.31.